The van der Waals surface area contributed by atoms with Crippen LogP contribution in [0, 0.1) is 17.2 Å². The second-order valence-electron chi connectivity index (χ2n) is 4.42. The van der Waals surface area contributed by atoms with Gasteiger partial charge in [0.2, 0.25) is 0 Å². The van der Waals surface area contributed by atoms with Gasteiger partial charge in [0.25, 0.3) is 0 Å². The van der Waals surface area contributed by atoms with Crippen molar-refractivity contribution in [3.05, 3.63) is 24.3 Å². The lowest BCUT2D eigenvalue weighted by atomic mass is 9.85. The molecule has 0 radical (unpaired) electrons. The zero-order valence-electron chi connectivity index (χ0n) is 10.9. The summed E-state index contributed by atoms with van der Waals surface area (Å²) >= 11 is 0. The Morgan fingerprint density at radius 1 is 1.41 bits per heavy atom. The molecule has 0 aliphatic rings. The maximum absolute atomic E-state index is 9.42. The highest BCUT2D eigenvalue weighted by Crippen LogP contribution is 2.31. The molecular weight excluding hydrogens is 212 g/mol. The number of benzene rings is 1. The predicted molar refractivity (Wildman–Crippen MR) is 70.1 cm³/mol. The van der Waals surface area contributed by atoms with Crippen molar-refractivity contribution in [2.45, 2.75) is 32.7 Å². The summed E-state index contributed by atoms with van der Waals surface area (Å²) in [6, 6.07) is 10.1. The molecule has 1 aromatic carbocycles. The number of para-hydroxylation sites is 2. The number of hydrogen-bond donors (Lipinski definition) is 1. The van der Waals surface area contributed by atoms with E-state index in [0.717, 1.165) is 17.9 Å². The monoisotopic (exact) mass is 232 g/mol. The number of nitrogens with one attached hydrogen (secondary N) is 1. The largest absolute Gasteiger partial charge is 0.495 e. The van der Waals surface area contributed by atoms with Crippen molar-refractivity contribution in [2.75, 3.05) is 12.4 Å². The normalized spacial score (nSPS) is 13.9. The zero-order chi connectivity index (χ0) is 12.9. The lowest BCUT2D eigenvalue weighted by Crippen LogP contribution is -2.41. The van der Waals surface area contributed by atoms with Crippen LogP contribution in [0.2, 0.25) is 0 Å². The minimum atomic E-state index is -0.547. The molecule has 3 nitrogen and oxygen atoms in total. The molecule has 3 heteroatoms. The van der Waals surface area contributed by atoms with Gasteiger partial charge >= 0.3 is 0 Å². The Morgan fingerprint density at radius 3 is 2.53 bits per heavy atom. The van der Waals surface area contributed by atoms with Crippen molar-refractivity contribution < 1.29 is 4.74 Å². The number of nitriles is 1. The third-order valence-corrected chi connectivity index (χ3v) is 3.21. The van der Waals surface area contributed by atoms with Crippen LogP contribution in [0.15, 0.2) is 24.3 Å². The minimum absolute atomic E-state index is 0.224. The summed E-state index contributed by atoms with van der Waals surface area (Å²) in [6.45, 7) is 6.12. The van der Waals surface area contributed by atoms with E-state index in [-0.39, 0.29) is 5.92 Å². The van der Waals surface area contributed by atoms with Crippen molar-refractivity contribution in [3.8, 4) is 11.8 Å². The molecule has 0 amide bonds. The molecule has 92 valence electrons. The van der Waals surface area contributed by atoms with E-state index in [4.69, 9.17) is 4.74 Å². The van der Waals surface area contributed by atoms with Crippen LogP contribution in [0.5, 0.6) is 5.75 Å². The molecule has 0 aromatic heterocycles. The number of anilines is 1. The van der Waals surface area contributed by atoms with Gasteiger partial charge < -0.3 is 10.1 Å². The Hall–Kier alpha value is -1.69. The van der Waals surface area contributed by atoms with E-state index in [1.54, 1.807) is 7.11 Å². The molecule has 0 saturated heterocycles. The average Bonchev–Trinajstić information content (AvgIpc) is 2.36. The van der Waals surface area contributed by atoms with E-state index in [2.05, 4.69) is 25.2 Å². The van der Waals surface area contributed by atoms with Crippen molar-refractivity contribution in [1.82, 2.24) is 0 Å². The van der Waals surface area contributed by atoms with E-state index in [9.17, 15) is 5.26 Å². The van der Waals surface area contributed by atoms with Crippen LogP contribution >= 0.6 is 0 Å². The van der Waals surface area contributed by atoms with Gasteiger partial charge in [0.15, 0.2) is 0 Å². The average molecular weight is 232 g/mol. The van der Waals surface area contributed by atoms with E-state index < -0.39 is 5.54 Å². The van der Waals surface area contributed by atoms with Crippen molar-refractivity contribution in [2.24, 2.45) is 5.92 Å². The molecule has 1 unspecified atom stereocenters. The van der Waals surface area contributed by atoms with Crippen LogP contribution in [0.1, 0.15) is 27.2 Å². The number of rotatable bonds is 5. The van der Waals surface area contributed by atoms with E-state index in [1.165, 1.54) is 0 Å². The standard InChI is InChI=1S/C14H20N2O/c1-5-14(10-15,11(2)3)16-12-8-6-7-9-13(12)17-4/h6-9,11,16H,5H2,1-4H3. The molecule has 0 saturated carbocycles. The molecule has 0 aliphatic heterocycles. The van der Waals surface area contributed by atoms with Crippen molar-refractivity contribution >= 4 is 5.69 Å². The van der Waals surface area contributed by atoms with Crippen LogP contribution in [-0.4, -0.2) is 12.6 Å². The zero-order valence-corrected chi connectivity index (χ0v) is 10.9. The van der Waals surface area contributed by atoms with Gasteiger partial charge in [-0.25, -0.2) is 0 Å². The summed E-state index contributed by atoms with van der Waals surface area (Å²) in [4.78, 5) is 0. The number of hydrogen-bond acceptors (Lipinski definition) is 3. The third-order valence-electron chi connectivity index (χ3n) is 3.21. The number of methoxy groups -OCH3 is 1. The summed E-state index contributed by atoms with van der Waals surface area (Å²) in [5.41, 5.74) is 0.321. The molecule has 0 heterocycles. The highest BCUT2D eigenvalue weighted by molar-refractivity contribution is 5.59. The Bertz CT molecular complexity index is 409. The molecule has 0 aliphatic carbocycles. The predicted octanol–water partition coefficient (Wildman–Crippen LogP) is 3.44. The quantitative estimate of drug-likeness (QED) is 0.845. The van der Waals surface area contributed by atoms with Crippen LogP contribution in [-0.2, 0) is 0 Å². The van der Waals surface area contributed by atoms with E-state index in [1.807, 2.05) is 31.2 Å². The molecule has 1 aromatic rings. The minimum Gasteiger partial charge on any atom is -0.495 e. The molecule has 0 spiro atoms. The van der Waals surface area contributed by atoms with Gasteiger partial charge in [-0.05, 0) is 24.5 Å². The lowest BCUT2D eigenvalue weighted by Gasteiger charge is -2.32. The summed E-state index contributed by atoms with van der Waals surface area (Å²) in [7, 11) is 1.63. The summed E-state index contributed by atoms with van der Waals surface area (Å²) < 4.78 is 5.29. The second-order valence-corrected chi connectivity index (χ2v) is 4.42. The summed E-state index contributed by atoms with van der Waals surface area (Å²) in [5.74, 6) is 0.989. The van der Waals surface area contributed by atoms with Crippen LogP contribution in [0.4, 0.5) is 5.69 Å². The summed E-state index contributed by atoms with van der Waals surface area (Å²) in [5, 5.41) is 12.7. The molecule has 0 fully saturated rings. The topological polar surface area (TPSA) is 45.0 Å². The third kappa shape index (κ3) is 2.71. The Balaban J connectivity index is 3.07. The highest BCUT2D eigenvalue weighted by Gasteiger charge is 2.32. The maximum atomic E-state index is 9.42. The fourth-order valence-electron chi connectivity index (χ4n) is 1.87. The molecule has 0 bridgehead atoms. The van der Waals surface area contributed by atoms with Gasteiger partial charge in [0, 0.05) is 0 Å². The molecule has 17 heavy (non-hydrogen) atoms. The number of ether oxygens (including phenoxy) is 1. The Kier molecular flexibility index (Phi) is 4.39. The fraction of sp³-hybridized carbons (Fsp3) is 0.500. The van der Waals surface area contributed by atoms with E-state index in [0.29, 0.717) is 0 Å². The van der Waals surface area contributed by atoms with Gasteiger partial charge in [0.05, 0.1) is 18.9 Å². The van der Waals surface area contributed by atoms with E-state index >= 15 is 0 Å². The summed E-state index contributed by atoms with van der Waals surface area (Å²) in [6.07, 6.45) is 0.749. The van der Waals surface area contributed by atoms with Gasteiger partial charge in [-0.2, -0.15) is 5.26 Å². The first kappa shape index (κ1) is 13.4. The highest BCUT2D eigenvalue weighted by atomic mass is 16.5. The first-order valence-electron chi connectivity index (χ1n) is 5.92. The lowest BCUT2D eigenvalue weighted by molar-refractivity contribution is 0.399. The van der Waals surface area contributed by atoms with Crippen LogP contribution in [0.3, 0.4) is 0 Å². The fourth-order valence-corrected chi connectivity index (χ4v) is 1.87. The smallest absolute Gasteiger partial charge is 0.141 e. The van der Waals surface area contributed by atoms with Gasteiger partial charge in [-0.3, -0.25) is 0 Å². The van der Waals surface area contributed by atoms with Gasteiger partial charge in [-0.15, -0.1) is 0 Å². The second kappa shape index (κ2) is 5.58. The number of nitrogens with zero attached hydrogens (tertiary/aromatic N) is 1. The van der Waals surface area contributed by atoms with Crippen LogP contribution < -0.4 is 10.1 Å². The van der Waals surface area contributed by atoms with Crippen LogP contribution in [0.25, 0.3) is 0 Å². The Morgan fingerprint density at radius 2 is 2.06 bits per heavy atom. The Labute approximate surface area is 103 Å². The molecular formula is C14H20N2O. The molecule has 1 N–H and O–H groups in total. The van der Waals surface area contributed by atoms with Crippen molar-refractivity contribution in [3.63, 3.8) is 0 Å². The SMILES string of the molecule is CCC(C#N)(Nc1ccccc1OC)C(C)C. The molecule has 1 rings (SSSR count). The molecule has 1 atom stereocenters. The first-order chi connectivity index (χ1) is 8.09. The van der Waals surface area contributed by atoms with Gasteiger partial charge in [0.1, 0.15) is 11.3 Å². The first-order valence-corrected chi connectivity index (χ1v) is 5.92. The van der Waals surface area contributed by atoms with Crippen molar-refractivity contribution in [1.29, 1.82) is 5.26 Å². The maximum Gasteiger partial charge on any atom is 0.141 e. The van der Waals surface area contributed by atoms with Gasteiger partial charge in [-0.1, -0.05) is 32.9 Å².